The maximum absolute atomic E-state index is 12.3. The van der Waals surface area contributed by atoms with E-state index in [0.29, 0.717) is 22.6 Å². The molecule has 1 amide bonds. The Labute approximate surface area is 154 Å². The number of nitrogens with one attached hydrogen (secondary N) is 2. The van der Waals surface area contributed by atoms with Gasteiger partial charge in [-0.1, -0.05) is 23.4 Å². The highest BCUT2D eigenvalue weighted by Gasteiger charge is 2.17. The summed E-state index contributed by atoms with van der Waals surface area (Å²) in [6.07, 6.45) is 1.49. The molecular weight excluding hydrogens is 360 g/mol. The average molecular weight is 377 g/mol. The van der Waals surface area contributed by atoms with Crippen molar-refractivity contribution in [1.29, 1.82) is 0 Å². The number of aromatic amines is 1. The molecule has 3 aromatic rings. The Morgan fingerprint density at radius 3 is 2.96 bits per heavy atom. The molecule has 0 aliphatic rings. The summed E-state index contributed by atoms with van der Waals surface area (Å²) in [7, 11) is 0. The number of aromatic nitrogens is 3. The van der Waals surface area contributed by atoms with Gasteiger partial charge in [0, 0.05) is 12.3 Å². The number of hydrogen-bond donors (Lipinski definition) is 2. The first-order valence-electron chi connectivity index (χ1n) is 7.77. The molecule has 0 aliphatic carbocycles. The van der Waals surface area contributed by atoms with E-state index in [-0.39, 0.29) is 11.2 Å². The van der Waals surface area contributed by atoms with Gasteiger partial charge >= 0.3 is 0 Å². The van der Waals surface area contributed by atoms with Crippen LogP contribution in [0.1, 0.15) is 13.8 Å². The van der Waals surface area contributed by atoms with E-state index in [2.05, 4.69) is 20.3 Å². The van der Waals surface area contributed by atoms with Gasteiger partial charge in [-0.25, -0.2) is 9.97 Å². The molecule has 1 aromatic carbocycles. The third-order valence-electron chi connectivity index (χ3n) is 3.38. The topological polar surface area (TPSA) is 79.9 Å². The quantitative estimate of drug-likeness (QED) is 0.632. The van der Waals surface area contributed by atoms with Crippen molar-refractivity contribution < 1.29 is 9.53 Å². The molecule has 0 saturated carbocycles. The minimum Gasteiger partial charge on any atom is -0.494 e. The molecule has 0 radical (unpaired) electrons. The van der Waals surface area contributed by atoms with E-state index in [0.717, 1.165) is 16.8 Å². The molecule has 0 saturated heterocycles. The number of ether oxygens (including phenoxy) is 1. The summed E-state index contributed by atoms with van der Waals surface area (Å²) in [6.45, 7) is 4.36. The van der Waals surface area contributed by atoms with Gasteiger partial charge in [-0.2, -0.15) is 0 Å². The van der Waals surface area contributed by atoms with E-state index in [4.69, 9.17) is 16.3 Å². The second-order valence-electron chi connectivity index (χ2n) is 5.26. The lowest BCUT2D eigenvalue weighted by Crippen LogP contribution is -2.23. The van der Waals surface area contributed by atoms with Crippen LogP contribution in [0.5, 0.6) is 5.75 Å². The van der Waals surface area contributed by atoms with E-state index in [1.165, 1.54) is 18.0 Å². The highest BCUT2D eigenvalue weighted by molar-refractivity contribution is 8.00. The minimum atomic E-state index is -0.343. The summed E-state index contributed by atoms with van der Waals surface area (Å²) >= 11 is 7.13. The molecule has 1 atom stereocenters. The van der Waals surface area contributed by atoms with Gasteiger partial charge in [0.25, 0.3) is 0 Å². The van der Waals surface area contributed by atoms with Gasteiger partial charge in [-0.05, 0) is 38.1 Å². The monoisotopic (exact) mass is 376 g/mol. The van der Waals surface area contributed by atoms with Crippen molar-refractivity contribution in [1.82, 2.24) is 15.0 Å². The lowest BCUT2D eigenvalue weighted by molar-refractivity contribution is -0.115. The van der Waals surface area contributed by atoms with Gasteiger partial charge in [0.2, 0.25) is 5.91 Å². The number of H-pyrrole nitrogens is 1. The second-order valence-corrected chi connectivity index (χ2v) is 7.03. The highest BCUT2D eigenvalue weighted by atomic mass is 35.5. The highest BCUT2D eigenvalue weighted by Crippen LogP contribution is 2.26. The van der Waals surface area contributed by atoms with E-state index >= 15 is 0 Å². The van der Waals surface area contributed by atoms with E-state index < -0.39 is 0 Å². The summed E-state index contributed by atoms with van der Waals surface area (Å²) in [6, 6.07) is 9.01. The van der Waals surface area contributed by atoms with E-state index in [1.807, 2.05) is 32.0 Å². The molecule has 0 bridgehead atoms. The summed E-state index contributed by atoms with van der Waals surface area (Å²) in [5.74, 6) is 1.10. The van der Waals surface area contributed by atoms with Gasteiger partial charge in [0.1, 0.15) is 11.6 Å². The van der Waals surface area contributed by atoms with Crippen LogP contribution in [0.2, 0.25) is 5.02 Å². The number of rotatable bonds is 6. The predicted octanol–water partition coefficient (Wildman–Crippen LogP) is 4.13. The van der Waals surface area contributed by atoms with Gasteiger partial charge in [0.05, 0.1) is 27.9 Å². The number of benzene rings is 1. The van der Waals surface area contributed by atoms with Crippen LogP contribution in [0.15, 0.2) is 41.7 Å². The zero-order valence-corrected chi connectivity index (χ0v) is 15.3. The molecule has 0 spiro atoms. The molecule has 6 nitrogen and oxygen atoms in total. The number of anilines is 1. The number of nitrogens with zero attached hydrogens (tertiary/aromatic N) is 2. The summed E-state index contributed by atoms with van der Waals surface area (Å²) in [5, 5.41) is 3.61. The molecule has 1 unspecified atom stereocenters. The minimum absolute atomic E-state index is 0.157. The van der Waals surface area contributed by atoms with Crippen LogP contribution in [-0.4, -0.2) is 32.7 Å². The normalized spacial score (nSPS) is 12.1. The molecule has 2 aromatic heterocycles. The first kappa shape index (κ1) is 17.6. The molecule has 0 aliphatic heterocycles. The summed E-state index contributed by atoms with van der Waals surface area (Å²) in [5.41, 5.74) is 1.71. The summed E-state index contributed by atoms with van der Waals surface area (Å²) < 4.78 is 5.48. The zero-order valence-electron chi connectivity index (χ0n) is 13.7. The Morgan fingerprint density at radius 1 is 1.40 bits per heavy atom. The van der Waals surface area contributed by atoms with Crippen molar-refractivity contribution in [3.63, 3.8) is 0 Å². The average Bonchev–Trinajstić information content (AvgIpc) is 2.98. The van der Waals surface area contributed by atoms with Crippen molar-refractivity contribution in [3.8, 4) is 5.75 Å². The number of amides is 1. The lowest BCUT2D eigenvalue weighted by Gasteiger charge is -2.09. The molecule has 2 N–H and O–H groups in total. The van der Waals surface area contributed by atoms with E-state index in [9.17, 15) is 4.79 Å². The number of fused-ring (bicyclic) bond motifs is 1. The Morgan fingerprint density at radius 2 is 2.24 bits per heavy atom. The van der Waals surface area contributed by atoms with Crippen LogP contribution < -0.4 is 10.1 Å². The van der Waals surface area contributed by atoms with Crippen LogP contribution in [0, 0.1) is 0 Å². The van der Waals surface area contributed by atoms with Gasteiger partial charge in [-0.15, -0.1) is 0 Å². The standard InChI is InChI=1S/C17H17ClN4O2S/c1-3-24-12-5-6-13-14(8-12)21-17(20-13)25-10(2)16(23)22-15-7-4-11(18)9-19-15/h4-10H,3H2,1-2H3,(H,20,21)(H,19,22,23). The fourth-order valence-corrected chi connectivity index (χ4v) is 3.11. The Balaban J connectivity index is 1.67. The Hall–Kier alpha value is -2.25. The van der Waals surface area contributed by atoms with Crippen LogP contribution in [-0.2, 0) is 4.79 Å². The van der Waals surface area contributed by atoms with Crippen LogP contribution in [0.25, 0.3) is 11.0 Å². The maximum Gasteiger partial charge on any atom is 0.238 e. The second kappa shape index (κ2) is 7.76. The zero-order chi connectivity index (χ0) is 17.8. The number of imidazole rings is 1. The first-order valence-corrected chi connectivity index (χ1v) is 9.02. The maximum atomic E-state index is 12.3. The molecular formula is C17H17ClN4O2S. The van der Waals surface area contributed by atoms with Gasteiger partial charge < -0.3 is 15.0 Å². The van der Waals surface area contributed by atoms with Crippen LogP contribution in [0.4, 0.5) is 5.82 Å². The Kier molecular flexibility index (Phi) is 5.45. The number of carbonyl (C=O) groups is 1. The van der Waals surface area contributed by atoms with Crippen molar-refractivity contribution in [2.24, 2.45) is 0 Å². The number of hydrogen-bond acceptors (Lipinski definition) is 5. The fraction of sp³-hybridized carbons (Fsp3) is 0.235. The number of halogens is 1. The van der Waals surface area contributed by atoms with Gasteiger partial charge in [0.15, 0.2) is 5.16 Å². The van der Waals surface area contributed by atoms with Crippen molar-refractivity contribution in [2.45, 2.75) is 24.3 Å². The molecule has 2 heterocycles. The number of carbonyl (C=O) groups excluding carboxylic acids is 1. The molecule has 3 rings (SSSR count). The van der Waals surface area contributed by atoms with Crippen molar-refractivity contribution in [2.75, 3.05) is 11.9 Å². The molecule has 25 heavy (non-hydrogen) atoms. The largest absolute Gasteiger partial charge is 0.494 e. The third-order valence-corrected chi connectivity index (χ3v) is 4.59. The van der Waals surface area contributed by atoms with Crippen LogP contribution >= 0.6 is 23.4 Å². The van der Waals surface area contributed by atoms with Crippen molar-refractivity contribution >= 4 is 46.1 Å². The van der Waals surface area contributed by atoms with Gasteiger partial charge in [-0.3, -0.25) is 4.79 Å². The fourth-order valence-electron chi connectivity index (χ4n) is 2.18. The van der Waals surface area contributed by atoms with Crippen molar-refractivity contribution in [3.05, 3.63) is 41.6 Å². The lowest BCUT2D eigenvalue weighted by atomic mass is 10.3. The number of pyridine rings is 1. The predicted molar refractivity (Wildman–Crippen MR) is 100 cm³/mol. The summed E-state index contributed by atoms with van der Waals surface area (Å²) in [4.78, 5) is 24.1. The number of thioether (sulfide) groups is 1. The molecule has 130 valence electrons. The molecule has 0 fully saturated rings. The van der Waals surface area contributed by atoms with E-state index in [1.54, 1.807) is 12.1 Å². The SMILES string of the molecule is CCOc1ccc2nc(SC(C)C(=O)Nc3ccc(Cl)cn3)[nH]c2c1. The smallest absolute Gasteiger partial charge is 0.238 e. The molecule has 8 heteroatoms. The Bertz CT molecular complexity index is 882. The first-order chi connectivity index (χ1) is 12.0. The van der Waals surface area contributed by atoms with Crippen LogP contribution in [0.3, 0.4) is 0 Å². The third kappa shape index (κ3) is 4.43.